The van der Waals surface area contributed by atoms with E-state index in [4.69, 9.17) is 11.6 Å². The van der Waals surface area contributed by atoms with Gasteiger partial charge in [0.15, 0.2) is 0 Å². The molecule has 0 amide bonds. The highest BCUT2D eigenvalue weighted by atomic mass is 35.5. The van der Waals surface area contributed by atoms with Crippen LogP contribution in [0.2, 0.25) is 5.02 Å². The zero-order valence-electron chi connectivity index (χ0n) is 11.5. The van der Waals surface area contributed by atoms with Crippen molar-refractivity contribution in [2.75, 3.05) is 20.1 Å². The molecule has 0 bridgehead atoms. The van der Waals surface area contributed by atoms with Gasteiger partial charge < -0.3 is 10.0 Å². The fraction of sp³-hybridized carbons (Fsp3) is 0.312. The topological polar surface area (TPSA) is 36.4 Å². The number of aliphatic hydroxyl groups excluding tert-OH is 1. The van der Waals surface area contributed by atoms with Gasteiger partial charge in [0.2, 0.25) is 0 Å². The van der Waals surface area contributed by atoms with E-state index in [2.05, 4.69) is 9.88 Å². The van der Waals surface area contributed by atoms with Gasteiger partial charge in [-0.3, -0.25) is 4.98 Å². The second-order valence-corrected chi connectivity index (χ2v) is 5.28. The summed E-state index contributed by atoms with van der Waals surface area (Å²) in [5, 5.41) is 10.8. The van der Waals surface area contributed by atoms with E-state index < -0.39 is 6.10 Å². The van der Waals surface area contributed by atoms with Crippen LogP contribution in [-0.2, 0) is 6.42 Å². The van der Waals surface area contributed by atoms with Crippen molar-refractivity contribution in [1.29, 1.82) is 0 Å². The molecule has 4 heteroatoms. The maximum absolute atomic E-state index is 10.2. The third-order valence-electron chi connectivity index (χ3n) is 3.22. The van der Waals surface area contributed by atoms with Crippen LogP contribution in [0.5, 0.6) is 0 Å². The van der Waals surface area contributed by atoms with Gasteiger partial charge >= 0.3 is 0 Å². The Hall–Kier alpha value is -1.42. The number of hydrogen-bond donors (Lipinski definition) is 1. The number of likely N-dealkylation sites (N-methyl/N-ethyl adjacent to an activating group) is 1. The Morgan fingerprint density at radius 3 is 2.65 bits per heavy atom. The molecule has 2 rings (SSSR count). The average Bonchev–Trinajstić information content (AvgIpc) is 2.46. The lowest BCUT2D eigenvalue weighted by Crippen LogP contribution is -2.27. The molecule has 2 aromatic rings. The number of halogens is 1. The molecule has 0 radical (unpaired) electrons. The van der Waals surface area contributed by atoms with Gasteiger partial charge in [-0.15, -0.1) is 0 Å². The van der Waals surface area contributed by atoms with Crippen LogP contribution >= 0.6 is 11.6 Å². The highest BCUT2D eigenvalue weighted by Gasteiger charge is 2.13. The molecule has 1 N–H and O–H groups in total. The van der Waals surface area contributed by atoms with E-state index in [9.17, 15) is 5.11 Å². The highest BCUT2D eigenvalue weighted by Crippen LogP contribution is 2.22. The lowest BCUT2D eigenvalue weighted by molar-refractivity contribution is 0.127. The van der Waals surface area contributed by atoms with Gasteiger partial charge in [0.1, 0.15) is 0 Å². The molecule has 0 aliphatic carbocycles. The Morgan fingerprint density at radius 1 is 1.20 bits per heavy atom. The molecule has 1 atom stereocenters. The number of pyridine rings is 1. The van der Waals surface area contributed by atoms with Gasteiger partial charge in [-0.2, -0.15) is 0 Å². The zero-order valence-corrected chi connectivity index (χ0v) is 12.3. The van der Waals surface area contributed by atoms with Crippen molar-refractivity contribution in [3.8, 4) is 0 Å². The number of aromatic nitrogens is 1. The Morgan fingerprint density at radius 2 is 1.95 bits per heavy atom. The average molecular weight is 291 g/mol. The van der Waals surface area contributed by atoms with Crippen LogP contribution < -0.4 is 0 Å². The van der Waals surface area contributed by atoms with Crippen LogP contribution in [0.4, 0.5) is 0 Å². The molecule has 1 heterocycles. The van der Waals surface area contributed by atoms with E-state index in [1.807, 2.05) is 43.4 Å². The minimum absolute atomic E-state index is 0.552. The normalized spacial score (nSPS) is 12.6. The summed E-state index contributed by atoms with van der Waals surface area (Å²) in [6.45, 7) is 1.40. The first-order chi connectivity index (χ1) is 9.66. The largest absolute Gasteiger partial charge is 0.387 e. The summed E-state index contributed by atoms with van der Waals surface area (Å²) in [7, 11) is 1.99. The van der Waals surface area contributed by atoms with Gasteiger partial charge in [-0.1, -0.05) is 35.9 Å². The van der Waals surface area contributed by atoms with Crippen molar-refractivity contribution in [2.45, 2.75) is 12.5 Å². The van der Waals surface area contributed by atoms with Crippen molar-refractivity contribution >= 4 is 11.6 Å². The molecule has 0 saturated carbocycles. The van der Waals surface area contributed by atoms with Crippen molar-refractivity contribution in [3.05, 3.63) is 64.9 Å². The second kappa shape index (κ2) is 7.39. The molecular weight excluding hydrogens is 272 g/mol. The molecule has 0 aliphatic rings. The van der Waals surface area contributed by atoms with Gasteiger partial charge in [0.05, 0.1) is 6.10 Å². The van der Waals surface area contributed by atoms with Crippen molar-refractivity contribution in [3.63, 3.8) is 0 Å². The predicted octanol–water partition coefficient (Wildman–Crippen LogP) is 2.94. The van der Waals surface area contributed by atoms with Crippen molar-refractivity contribution in [2.24, 2.45) is 0 Å². The first-order valence-corrected chi connectivity index (χ1v) is 7.05. The lowest BCUT2D eigenvalue weighted by atomic mass is 10.1. The van der Waals surface area contributed by atoms with Crippen LogP contribution in [0.1, 0.15) is 17.4 Å². The first kappa shape index (κ1) is 15.0. The van der Waals surface area contributed by atoms with E-state index in [0.29, 0.717) is 11.6 Å². The SMILES string of the molecule is CN(CCc1ccccn1)CC(O)c1ccccc1Cl. The Labute approximate surface area is 124 Å². The summed E-state index contributed by atoms with van der Waals surface area (Å²) in [4.78, 5) is 6.38. The van der Waals surface area contributed by atoms with Crippen LogP contribution in [0.25, 0.3) is 0 Å². The molecule has 0 spiro atoms. The quantitative estimate of drug-likeness (QED) is 0.889. The molecule has 1 unspecified atom stereocenters. The van der Waals surface area contributed by atoms with Crippen LogP contribution in [-0.4, -0.2) is 35.1 Å². The van der Waals surface area contributed by atoms with Crippen LogP contribution in [0.3, 0.4) is 0 Å². The third-order valence-corrected chi connectivity index (χ3v) is 3.57. The molecule has 1 aromatic heterocycles. The third kappa shape index (κ3) is 4.30. The fourth-order valence-electron chi connectivity index (χ4n) is 2.08. The monoisotopic (exact) mass is 290 g/mol. The minimum Gasteiger partial charge on any atom is -0.387 e. The predicted molar refractivity (Wildman–Crippen MR) is 81.8 cm³/mol. The van der Waals surface area contributed by atoms with Crippen LogP contribution in [0.15, 0.2) is 48.7 Å². The highest BCUT2D eigenvalue weighted by molar-refractivity contribution is 6.31. The minimum atomic E-state index is -0.572. The summed E-state index contributed by atoms with van der Waals surface area (Å²) in [5.74, 6) is 0. The summed E-state index contributed by atoms with van der Waals surface area (Å²) < 4.78 is 0. The summed E-state index contributed by atoms with van der Waals surface area (Å²) in [6, 6.07) is 13.3. The van der Waals surface area contributed by atoms with Crippen molar-refractivity contribution in [1.82, 2.24) is 9.88 Å². The maximum Gasteiger partial charge on any atom is 0.0931 e. The summed E-state index contributed by atoms with van der Waals surface area (Å²) >= 11 is 6.09. The Kier molecular flexibility index (Phi) is 5.53. The molecule has 1 aromatic carbocycles. The van der Waals surface area contributed by atoms with E-state index in [-0.39, 0.29) is 0 Å². The van der Waals surface area contributed by atoms with Gasteiger partial charge in [-0.05, 0) is 25.2 Å². The molecule has 0 saturated heterocycles. The second-order valence-electron chi connectivity index (χ2n) is 4.87. The number of rotatable bonds is 6. The maximum atomic E-state index is 10.2. The number of benzene rings is 1. The Balaban J connectivity index is 1.85. The molecule has 0 aliphatic heterocycles. The van der Waals surface area contributed by atoms with E-state index in [1.165, 1.54) is 0 Å². The van der Waals surface area contributed by atoms with Crippen molar-refractivity contribution < 1.29 is 5.11 Å². The molecule has 0 fully saturated rings. The van der Waals surface area contributed by atoms with E-state index in [1.54, 1.807) is 12.3 Å². The first-order valence-electron chi connectivity index (χ1n) is 6.68. The molecular formula is C16H19ClN2O. The fourth-order valence-corrected chi connectivity index (χ4v) is 2.34. The summed E-state index contributed by atoms with van der Waals surface area (Å²) in [6.07, 6.45) is 2.10. The van der Waals surface area contributed by atoms with E-state index >= 15 is 0 Å². The Bertz CT molecular complexity index is 533. The van der Waals surface area contributed by atoms with Gasteiger partial charge in [-0.25, -0.2) is 0 Å². The zero-order chi connectivity index (χ0) is 14.4. The van der Waals surface area contributed by atoms with E-state index in [0.717, 1.165) is 24.2 Å². The lowest BCUT2D eigenvalue weighted by Gasteiger charge is -2.21. The molecule has 106 valence electrons. The smallest absolute Gasteiger partial charge is 0.0931 e. The number of nitrogens with zero attached hydrogens (tertiary/aromatic N) is 2. The standard InChI is InChI=1S/C16H19ClN2O/c1-19(11-9-13-6-4-5-10-18-13)12-16(20)14-7-2-3-8-15(14)17/h2-8,10,16,20H,9,11-12H2,1H3. The van der Waals surface area contributed by atoms with Crippen LogP contribution in [0, 0.1) is 0 Å². The molecule has 3 nitrogen and oxygen atoms in total. The summed E-state index contributed by atoms with van der Waals surface area (Å²) in [5.41, 5.74) is 1.84. The van der Waals surface area contributed by atoms with Gasteiger partial charge in [0, 0.05) is 42.0 Å². The molecule has 20 heavy (non-hydrogen) atoms. The number of hydrogen-bond acceptors (Lipinski definition) is 3. The van der Waals surface area contributed by atoms with Gasteiger partial charge in [0.25, 0.3) is 0 Å². The number of aliphatic hydroxyl groups is 1.